The summed E-state index contributed by atoms with van der Waals surface area (Å²) in [6, 6.07) is 2.48. The monoisotopic (exact) mass is 297 g/mol. The van der Waals surface area contributed by atoms with Crippen LogP contribution in [0.1, 0.15) is 44.0 Å². The minimum atomic E-state index is 0.538. The molecule has 0 aromatic carbocycles. The summed E-state index contributed by atoms with van der Waals surface area (Å²) >= 11 is 0. The molecule has 22 heavy (non-hydrogen) atoms. The van der Waals surface area contributed by atoms with Gasteiger partial charge in [-0.05, 0) is 18.9 Å². The Bertz CT molecular complexity index is 754. The molecule has 7 nitrogen and oxygen atoms in total. The second kappa shape index (κ2) is 5.75. The van der Waals surface area contributed by atoms with E-state index >= 15 is 0 Å². The zero-order chi connectivity index (χ0) is 14.8. The van der Waals surface area contributed by atoms with E-state index in [0.29, 0.717) is 12.6 Å². The fourth-order valence-corrected chi connectivity index (χ4v) is 3.23. The van der Waals surface area contributed by atoms with E-state index in [2.05, 4.69) is 35.0 Å². The van der Waals surface area contributed by atoms with E-state index in [9.17, 15) is 0 Å². The molecule has 1 aliphatic carbocycles. The van der Waals surface area contributed by atoms with Gasteiger partial charge < -0.3 is 14.9 Å². The molecule has 0 spiro atoms. The lowest BCUT2D eigenvalue weighted by molar-refractivity contribution is 0.346. The number of rotatable bonds is 4. The summed E-state index contributed by atoms with van der Waals surface area (Å²) in [6.45, 7) is 0.613. The molecule has 0 aliphatic heterocycles. The van der Waals surface area contributed by atoms with Crippen LogP contribution >= 0.6 is 0 Å². The second-order valence-corrected chi connectivity index (χ2v) is 5.76. The van der Waals surface area contributed by atoms with Gasteiger partial charge in [0.1, 0.15) is 18.2 Å². The Morgan fingerprint density at radius 2 is 2.14 bits per heavy atom. The van der Waals surface area contributed by atoms with Gasteiger partial charge in [0.15, 0.2) is 11.6 Å². The number of anilines is 1. The Balaban J connectivity index is 1.52. The third-order valence-electron chi connectivity index (χ3n) is 4.37. The van der Waals surface area contributed by atoms with Crippen molar-refractivity contribution in [3.8, 4) is 0 Å². The predicted molar refractivity (Wildman–Crippen MR) is 83.4 cm³/mol. The van der Waals surface area contributed by atoms with Crippen molar-refractivity contribution in [3.05, 3.63) is 30.7 Å². The number of nitrogens with zero attached hydrogens (tertiary/aromatic N) is 5. The standard InChI is InChI=1S/C15H19N7/c1-2-4-11(5-3-1)22-10-20-21-13(22)8-17-15-14-12(6-7-16-14)18-9-19-15/h6-7,9-11,16H,1-5,8H2,(H,17,18,19). The number of H-pyrrole nitrogens is 1. The van der Waals surface area contributed by atoms with Gasteiger partial charge in [-0.2, -0.15) is 0 Å². The number of hydrogen-bond acceptors (Lipinski definition) is 5. The van der Waals surface area contributed by atoms with E-state index in [4.69, 9.17) is 0 Å². The highest BCUT2D eigenvalue weighted by Gasteiger charge is 2.18. The highest BCUT2D eigenvalue weighted by atomic mass is 15.3. The van der Waals surface area contributed by atoms with E-state index in [1.807, 2.05) is 18.6 Å². The minimum absolute atomic E-state index is 0.538. The van der Waals surface area contributed by atoms with Crippen molar-refractivity contribution in [1.82, 2.24) is 29.7 Å². The molecule has 0 unspecified atom stereocenters. The molecule has 0 amide bonds. The first-order valence-electron chi connectivity index (χ1n) is 7.82. The number of aromatic nitrogens is 6. The highest BCUT2D eigenvalue weighted by molar-refractivity contribution is 5.85. The fraction of sp³-hybridized carbons (Fsp3) is 0.467. The van der Waals surface area contributed by atoms with Crippen molar-refractivity contribution in [3.63, 3.8) is 0 Å². The van der Waals surface area contributed by atoms with Crippen molar-refractivity contribution in [2.75, 3.05) is 5.32 Å². The van der Waals surface area contributed by atoms with Crippen LogP contribution in [0.3, 0.4) is 0 Å². The van der Waals surface area contributed by atoms with Gasteiger partial charge >= 0.3 is 0 Å². The van der Waals surface area contributed by atoms with Crippen LogP contribution in [0.25, 0.3) is 11.0 Å². The summed E-state index contributed by atoms with van der Waals surface area (Å²) in [5, 5.41) is 11.7. The topological polar surface area (TPSA) is 84.3 Å². The Morgan fingerprint density at radius 1 is 1.23 bits per heavy atom. The molecule has 3 aromatic heterocycles. The van der Waals surface area contributed by atoms with Gasteiger partial charge in [0.25, 0.3) is 0 Å². The van der Waals surface area contributed by atoms with Gasteiger partial charge in [-0.3, -0.25) is 0 Å². The first-order chi connectivity index (χ1) is 10.9. The molecule has 7 heteroatoms. The van der Waals surface area contributed by atoms with Crippen molar-refractivity contribution in [2.45, 2.75) is 44.7 Å². The van der Waals surface area contributed by atoms with E-state index in [1.165, 1.54) is 32.1 Å². The number of hydrogen-bond donors (Lipinski definition) is 2. The molecule has 114 valence electrons. The third-order valence-corrected chi connectivity index (χ3v) is 4.37. The summed E-state index contributed by atoms with van der Waals surface area (Å²) < 4.78 is 2.22. The van der Waals surface area contributed by atoms with Gasteiger partial charge in [0, 0.05) is 12.2 Å². The highest BCUT2D eigenvalue weighted by Crippen LogP contribution is 2.28. The zero-order valence-corrected chi connectivity index (χ0v) is 12.4. The molecule has 3 aromatic rings. The van der Waals surface area contributed by atoms with E-state index < -0.39 is 0 Å². The summed E-state index contributed by atoms with van der Waals surface area (Å²) in [6.07, 6.45) is 11.7. The van der Waals surface area contributed by atoms with Gasteiger partial charge in [-0.25, -0.2) is 9.97 Å². The Morgan fingerprint density at radius 3 is 3.05 bits per heavy atom. The van der Waals surface area contributed by atoms with Crippen LogP contribution in [-0.2, 0) is 6.54 Å². The normalized spacial score (nSPS) is 16.2. The largest absolute Gasteiger partial charge is 0.361 e. The van der Waals surface area contributed by atoms with Gasteiger partial charge in [-0.15, -0.1) is 10.2 Å². The molecule has 0 atom stereocenters. The van der Waals surface area contributed by atoms with Crippen LogP contribution in [0.4, 0.5) is 5.82 Å². The summed E-state index contributed by atoms with van der Waals surface area (Å²) in [5.74, 6) is 1.76. The second-order valence-electron chi connectivity index (χ2n) is 5.76. The number of nitrogens with one attached hydrogen (secondary N) is 2. The molecule has 0 saturated heterocycles. The SMILES string of the molecule is c1nc(NCc2nncn2C2CCCCC2)c2[nH]ccc2n1. The zero-order valence-electron chi connectivity index (χ0n) is 12.4. The maximum absolute atomic E-state index is 4.31. The van der Waals surface area contributed by atoms with Gasteiger partial charge in [0.05, 0.1) is 12.1 Å². The van der Waals surface area contributed by atoms with Crippen LogP contribution in [0.15, 0.2) is 24.9 Å². The van der Waals surface area contributed by atoms with Crippen molar-refractivity contribution < 1.29 is 0 Å². The maximum atomic E-state index is 4.31. The molecule has 1 aliphatic rings. The average molecular weight is 297 g/mol. The first-order valence-corrected chi connectivity index (χ1v) is 7.82. The number of aromatic amines is 1. The van der Waals surface area contributed by atoms with Crippen LogP contribution in [0.2, 0.25) is 0 Å². The summed E-state index contributed by atoms with van der Waals surface area (Å²) in [7, 11) is 0. The van der Waals surface area contributed by atoms with Crippen molar-refractivity contribution >= 4 is 16.9 Å². The van der Waals surface area contributed by atoms with Crippen molar-refractivity contribution in [2.24, 2.45) is 0 Å². The Kier molecular flexibility index (Phi) is 3.46. The molecule has 0 radical (unpaired) electrons. The minimum Gasteiger partial charge on any atom is -0.361 e. The molecule has 0 bridgehead atoms. The van der Waals surface area contributed by atoms with E-state index in [1.54, 1.807) is 6.33 Å². The third kappa shape index (κ3) is 2.43. The predicted octanol–water partition coefficient (Wildman–Crippen LogP) is 2.67. The summed E-state index contributed by atoms with van der Waals surface area (Å²) in [4.78, 5) is 11.7. The molecule has 1 saturated carbocycles. The van der Waals surface area contributed by atoms with Gasteiger partial charge in [0.2, 0.25) is 0 Å². The molecule has 1 fully saturated rings. The Hall–Kier alpha value is -2.44. The lowest BCUT2D eigenvalue weighted by atomic mass is 9.95. The Labute approximate surface area is 128 Å². The van der Waals surface area contributed by atoms with E-state index in [0.717, 1.165) is 22.7 Å². The molecule has 2 N–H and O–H groups in total. The smallest absolute Gasteiger partial charge is 0.154 e. The quantitative estimate of drug-likeness (QED) is 0.773. The fourth-order valence-electron chi connectivity index (χ4n) is 3.23. The lowest BCUT2D eigenvalue weighted by Gasteiger charge is -2.24. The summed E-state index contributed by atoms with van der Waals surface area (Å²) in [5.41, 5.74) is 1.83. The lowest BCUT2D eigenvalue weighted by Crippen LogP contribution is -2.17. The number of fused-ring (bicyclic) bond motifs is 1. The van der Waals surface area contributed by atoms with Crippen LogP contribution < -0.4 is 5.32 Å². The molecule has 4 rings (SSSR count). The van der Waals surface area contributed by atoms with Crippen LogP contribution in [-0.4, -0.2) is 29.7 Å². The molecular formula is C15H19N7. The maximum Gasteiger partial charge on any atom is 0.154 e. The van der Waals surface area contributed by atoms with E-state index in [-0.39, 0.29) is 0 Å². The molecule has 3 heterocycles. The average Bonchev–Trinajstić information content (AvgIpc) is 3.23. The first kappa shape index (κ1) is 13.2. The van der Waals surface area contributed by atoms with Crippen LogP contribution in [0.5, 0.6) is 0 Å². The molecular weight excluding hydrogens is 278 g/mol. The van der Waals surface area contributed by atoms with Crippen LogP contribution in [0, 0.1) is 0 Å². The van der Waals surface area contributed by atoms with Crippen molar-refractivity contribution in [1.29, 1.82) is 0 Å². The van der Waals surface area contributed by atoms with Gasteiger partial charge in [-0.1, -0.05) is 19.3 Å².